The van der Waals surface area contributed by atoms with Crippen LogP contribution in [0.1, 0.15) is 15.9 Å². The predicted molar refractivity (Wildman–Crippen MR) is 112 cm³/mol. The highest BCUT2D eigenvalue weighted by molar-refractivity contribution is 6.10. The molecule has 148 valence electrons. The number of anilines is 1. The first kappa shape index (κ1) is 19.9. The number of guanidine groups is 1. The molecule has 0 bridgehead atoms. The summed E-state index contributed by atoms with van der Waals surface area (Å²) in [5.41, 5.74) is 2.18. The summed E-state index contributed by atoms with van der Waals surface area (Å²) in [7, 11) is 3.16. The summed E-state index contributed by atoms with van der Waals surface area (Å²) in [6.07, 6.45) is 3.41. The van der Waals surface area contributed by atoms with Gasteiger partial charge in [-0.05, 0) is 48.0 Å². The highest BCUT2D eigenvalue weighted by Gasteiger charge is 2.11. The lowest BCUT2D eigenvalue weighted by Gasteiger charge is -2.13. The maximum absolute atomic E-state index is 12.7. The minimum absolute atomic E-state index is 0.298. The number of ether oxygens (including phenoxy) is 2. The van der Waals surface area contributed by atoms with E-state index in [2.05, 4.69) is 20.6 Å². The normalized spacial score (nSPS) is 10.9. The predicted octanol–water partition coefficient (Wildman–Crippen LogP) is 3.50. The third-order valence-corrected chi connectivity index (χ3v) is 4.07. The molecule has 1 heterocycles. The molecule has 0 saturated carbocycles. The van der Waals surface area contributed by atoms with Gasteiger partial charge >= 0.3 is 0 Å². The Morgan fingerprint density at radius 1 is 0.966 bits per heavy atom. The lowest BCUT2D eigenvalue weighted by atomic mass is 10.2. The molecule has 0 aliphatic rings. The fourth-order valence-electron chi connectivity index (χ4n) is 2.55. The summed E-state index contributed by atoms with van der Waals surface area (Å²) in [6.45, 7) is 0.382. The first-order valence-electron chi connectivity index (χ1n) is 8.98. The van der Waals surface area contributed by atoms with E-state index in [0.29, 0.717) is 29.6 Å². The third-order valence-electron chi connectivity index (χ3n) is 4.07. The zero-order valence-corrected chi connectivity index (χ0v) is 16.3. The molecule has 0 aliphatic heterocycles. The van der Waals surface area contributed by atoms with Crippen LogP contribution in [0.3, 0.4) is 0 Å². The standard InChI is InChI=1S/C22H22N4O3/c1-28-19-7-3-5-17(13-19)21(27)26-22(24-15-16-9-11-23-12-10-16)25-18-6-4-8-20(14-18)29-2/h3-14H,15H2,1-2H3,(H2,24,25,26,27). The third kappa shape index (κ3) is 5.80. The van der Waals surface area contributed by atoms with Crippen molar-refractivity contribution in [1.82, 2.24) is 10.3 Å². The van der Waals surface area contributed by atoms with Gasteiger partial charge in [0.25, 0.3) is 5.91 Å². The number of benzene rings is 2. The number of nitrogens with one attached hydrogen (secondary N) is 2. The zero-order chi connectivity index (χ0) is 20.5. The second kappa shape index (κ2) is 9.89. The lowest BCUT2D eigenvalue weighted by molar-refractivity contribution is 0.0976. The Bertz CT molecular complexity index is 990. The van der Waals surface area contributed by atoms with Gasteiger partial charge in [-0.3, -0.25) is 15.1 Å². The van der Waals surface area contributed by atoms with E-state index in [-0.39, 0.29) is 5.91 Å². The van der Waals surface area contributed by atoms with Crippen LogP contribution in [0.15, 0.2) is 78.0 Å². The number of carbonyl (C=O) groups is 1. The highest BCUT2D eigenvalue weighted by Crippen LogP contribution is 2.17. The minimum atomic E-state index is -0.298. The fraction of sp³-hybridized carbons (Fsp3) is 0.136. The second-order valence-corrected chi connectivity index (χ2v) is 6.06. The number of amides is 1. The van der Waals surface area contributed by atoms with Crippen molar-refractivity contribution in [2.45, 2.75) is 6.54 Å². The Hall–Kier alpha value is -3.87. The van der Waals surface area contributed by atoms with Gasteiger partial charge < -0.3 is 14.8 Å². The van der Waals surface area contributed by atoms with Crippen molar-refractivity contribution in [1.29, 1.82) is 0 Å². The van der Waals surface area contributed by atoms with Crippen LogP contribution in [0.4, 0.5) is 5.69 Å². The molecule has 0 atom stereocenters. The summed E-state index contributed by atoms with van der Waals surface area (Å²) in [5.74, 6) is 1.33. The summed E-state index contributed by atoms with van der Waals surface area (Å²) < 4.78 is 10.4. The zero-order valence-electron chi connectivity index (χ0n) is 16.3. The number of carbonyl (C=O) groups excluding carboxylic acids is 1. The molecule has 0 saturated heterocycles. The molecular weight excluding hydrogens is 368 g/mol. The van der Waals surface area contributed by atoms with Crippen molar-refractivity contribution in [3.05, 3.63) is 84.2 Å². The molecule has 3 aromatic rings. The maximum atomic E-state index is 12.7. The molecule has 1 aromatic heterocycles. The van der Waals surface area contributed by atoms with E-state index in [9.17, 15) is 4.79 Å². The van der Waals surface area contributed by atoms with Gasteiger partial charge in [-0.15, -0.1) is 0 Å². The first-order valence-corrected chi connectivity index (χ1v) is 8.98. The number of rotatable bonds is 6. The molecule has 0 unspecified atom stereocenters. The SMILES string of the molecule is COc1cccc(NC(=NCc2ccncc2)NC(=O)c2cccc(OC)c2)c1. The molecule has 3 rings (SSSR count). The molecule has 2 N–H and O–H groups in total. The van der Waals surface area contributed by atoms with Crippen molar-refractivity contribution in [3.63, 3.8) is 0 Å². The van der Waals surface area contributed by atoms with Gasteiger partial charge in [-0.1, -0.05) is 12.1 Å². The topological polar surface area (TPSA) is 84.8 Å². The molecule has 1 amide bonds. The second-order valence-electron chi connectivity index (χ2n) is 6.06. The number of pyridine rings is 1. The maximum Gasteiger partial charge on any atom is 0.258 e. The number of hydrogen-bond donors (Lipinski definition) is 2. The van der Waals surface area contributed by atoms with Crippen LogP contribution in [0, 0.1) is 0 Å². The van der Waals surface area contributed by atoms with Crippen LogP contribution < -0.4 is 20.1 Å². The summed E-state index contributed by atoms with van der Waals surface area (Å²) in [4.78, 5) is 21.3. The molecule has 7 heteroatoms. The Morgan fingerprint density at radius 3 is 2.38 bits per heavy atom. The number of nitrogens with zero attached hydrogens (tertiary/aromatic N) is 2. The molecule has 0 spiro atoms. The molecule has 0 radical (unpaired) electrons. The fourth-order valence-corrected chi connectivity index (χ4v) is 2.55. The highest BCUT2D eigenvalue weighted by atomic mass is 16.5. The van der Waals surface area contributed by atoms with Crippen LogP contribution >= 0.6 is 0 Å². The van der Waals surface area contributed by atoms with Gasteiger partial charge in [0, 0.05) is 29.7 Å². The largest absolute Gasteiger partial charge is 0.497 e. The number of methoxy groups -OCH3 is 2. The van der Waals surface area contributed by atoms with E-state index >= 15 is 0 Å². The van der Waals surface area contributed by atoms with Crippen LogP contribution in [0.2, 0.25) is 0 Å². The van der Waals surface area contributed by atoms with Crippen molar-refractivity contribution >= 4 is 17.6 Å². The average molecular weight is 390 g/mol. The van der Waals surface area contributed by atoms with E-state index in [1.54, 1.807) is 50.9 Å². The van der Waals surface area contributed by atoms with Crippen LogP contribution in [-0.4, -0.2) is 31.1 Å². The van der Waals surface area contributed by atoms with Gasteiger partial charge in [0.1, 0.15) is 11.5 Å². The summed E-state index contributed by atoms with van der Waals surface area (Å²) >= 11 is 0. The van der Waals surface area contributed by atoms with Crippen molar-refractivity contribution in [2.24, 2.45) is 4.99 Å². The average Bonchev–Trinajstić information content (AvgIpc) is 2.78. The van der Waals surface area contributed by atoms with Gasteiger partial charge in [0.15, 0.2) is 0 Å². The number of aliphatic imine (C=N–C) groups is 1. The quantitative estimate of drug-likeness (QED) is 0.497. The van der Waals surface area contributed by atoms with Crippen molar-refractivity contribution < 1.29 is 14.3 Å². The Morgan fingerprint density at radius 2 is 1.66 bits per heavy atom. The van der Waals surface area contributed by atoms with Gasteiger partial charge in [0.05, 0.1) is 20.8 Å². The Labute approximate surface area is 169 Å². The molecule has 7 nitrogen and oxygen atoms in total. The van der Waals surface area contributed by atoms with Crippen LogP contribution in [0.25, 0.3) is 0 Å². The van der Waals surface area contributed by atoms with Crippen molar-refractivity contribution in [2.75, 3.05) is 19.5 Å². The Kier molecular flexibility index (Phi) is 6.78. The van der Waals surface area contributed by atoms with E-state index in [4.69, 9.17) is 9.47 Å². The Balaban J connectivity index is 1.81. The van der Waals surface area contributed by atoms with Crippen LogP contribution in [0.5, 0.6) is 11.5 Å². The monoisotopic (exact) mass is 390 g/mol. The van der Waals surface area contributed by atoms with E-state index in [0.717, 1.165) is 11.3 Å². The molecule has 29 heavy (non-hydrogen) atoms. The van der Waals surface area contributed by atoms with E-state index < -0.39 is 0 Å². The molecule has 2 aromatic carbocycles. The van der Waals surface area contributed by atoms with Gasteiger partial charge in [0.2, 0.25) is 5.96 Å². The van der Waals surface area contributed by atoms with Gasteiger partial charge in [-0.25, -0.2) is 4.99 Å². The lowest BCUT2D eigenvalue weighted by Crippen LogP contribution is -2.36. The van der Waals surface area contributed by atoms with E-state index in [1.165, 1.54) is 0 Å². The van der Waals surface area contributed by atoms with Crippen LogP contribution in [-0.2, 0) is 6.54 Å². The smallest absolute Gasteiger partial charge is 0.258 e. The minimum Gasteiger partial charge on any atom is -0.497 e. The van der Waals surface area contributed by atoms with Crippen molar-refractivity contribution in [3.8, 4) is 11.5 Å². The summed E-state index contributed by atoms with van der Waals surface area (Å²) in [5, 5.41) is 5.97. The number of hydrogen-bond acceptors (Lipinski definition) is 5. The number of aromatic nitrogens is 1. The molecule has 0 aliphatic carbocycles. The summed E-state index contributed by atoms with van der Waals surface area (Å²) in [6, 6.07) is 18.0. The first-order chi connectivity index (χ1) is 14.2. The van der Waals surface area contributed by atoms with Gasteiger partial charge in [-0.2, -0.15) is 0 Å². The molecular formula is C22H22N4O3. The molecule has 0 fully saturated rings. The van der Waals surface area contributed by atoms with E-state index in [1.807, 2.05) is 36.4 Å².